The van der Waals surface area contributed by atoms with Gasteiger partial charge in [0.1, 0.15) is 17.6 Å². The van der Waals surface area contributed by atoms with Crippen LogP contribution in [0.3, 0.4) is 0 Å². The molecule has 4 atom stereocenters. The molecule has 1 aliphatic carbocycles. The Morgan fingerprint density at radius 2 is 1.95 bits per heavy atom. The van der Waals surface area contributed by atoms with Crippen LogP contribution in [0.2, 0.25) is 5.02 Å². The third-order valence-corrected chi connectivity index (χ3v) is 7.94. The topological polar surface area (TPSA) is 157 Å². The van der Waals surface area contributed by atoms with Gasteiger partial charge in [-0.05, 0) is 49.1 Å². The number of hydrogen-bond acceptors (Lipinski definition) is 9. The summed E-state index contributed by atoms with van der Waals surface area (Å²) in [5.74, 6) is -0.937. The molecule has 0 radical (unpaired) electrons. The number of nitrogens with zero attached hydrogens (tertiary/aromatic N) is 3. The van der Waals surface area contributed by atoms with Crippen LogP contribution in [-0.2, 0) is 11.3 Å². The standard InChI is InChI=1S/C29H31ClFN5O6/c1-14(27(40)34-23(13-37)17-5-18(31)8-20(6-17)42-2)36-12-16-4-3-15(7-21(16)28(36)41)26-22(30)11-32-29(35-26)33-19-9-24(38)25(39)10-19/h3-8,11,14,19,23-25,37-39H,9-10,12-13H2,1-2H3,(H,34,40)(H,32,33,35)/t14-,23-,24-,25-/m1/s1. The van der Waals surface area contributed by atoms with E-state index < -0.39 is 42.6 Å². The molecular formula is C29H31ClFN5O6. The Morgan fingerprint density at radius 1 is 1.21 bits per heavy atom. The summed E-state index contributed by atoms with van der Waals surface area (Å²) >= 11 is 6.41. The predicted octanol–water partition coefficient (Wildman–Crippen LogP) is 2.43. The highest BCUT2D eigenvalue weighted by Crippen LogP contribution is 2.33. The van der Waals surface area contributed by atoms with Crippen LogP contribution < -0.4 is 15.4 Å². The number of methoxy groups -OCH3 is 1. The Kier molecular flexibility index (Phi) is 8.60. The highest BCUT2D eigenvalue weighted by Gasteiger charge is 2.35. The number of aromatic nitrogens is 2. The van der Waals surface area contributed by atoms with E-state index in [1.165, 1.54) is 36.4 Å². The molecule has 5 rings (SSSR count). The number of ether oxygens (including phenoxy) is 1. The first kappa shape index (κ1) is 29.6. The SMILES string of the molecule is COc1cc(F)cc([C@@H](CO)NC(=O)[C@@H](C)N2Cc3ccc(-c4nc(NC5C[C@@H](O)[C@H](O)C5)ncc4Cl)cc3C2=O)c1. The van der Waals surface area contributed by atoms with Crippen molar-refractivity contribution in [3.05, 3.63) is 70.1 Å². The van der Waals surface area contributed by atoms with Gasteiger partial charge in [0.05, 0.1) is 48.9 Å². The van der Waals surface area contributed by atoms with E-state index in [1.807, 2.05) is 0 Å². The Morgan fingerprint density at radius 3 is 2.64 bits per heavy atom. The van der Waals surface area contributed by atoms with Gasteiger partial charge in [0.2, 0.25) is 11.9 Å². The number of benzene rings is 2. The zero-order valence-corrected chi connectivity index (χ0v) is 23.7. The van der Waals surface area contributed by atoms with Crippen molar-refractivity contribution in [1.29, 1.82) is 0 Å². The quantitative estimate of drug-likeness (QED) is 0.249. The van der Waals surface area contributed by atoms with Crippen LogP contribution in [0.4, 0.5) is 10.3 Å². The van der Waals surface area contributed by atoms with Gasteiger partial charge in [-0.3, -0.25) is 9.59 Å². The summed E-state index contributed by atoms with van der Waals surface area (Å²) in [7, 11) is 1.39. The van der Waals surface area contributed by atoms with E-state index in [0.29, 0.717) is 35.2 Å². The van der Waals surface area contributed by atoms with Crippen molar-refractivity contribution in [3.8, 4) is 17.0 Å². The second-order valence-electron chi connectivity index (χ2n) is 10.5. The molecule has 0 bridgehead atoms. The van der Waals surface area contributed by atoms with Crippen LogP contribution in [-0.4, -0.2) is 80.0 Å². The fourth-order valence-electron chi connectivity index (χ4n) is 5.29. The predicted molar refractivity (Wildman–Crippen MR) is 151 cm³/mol. The van der Waals surface area contributed by atoms with E-state index >= 15 is 0 Å². The second kappa shape index (κ2) is 12.2. The van der Waals surface area contributed by atoms with Crippen LogP contribution in [0, 0.1) is 5.82 Å². The normalized spacial score (nSPS) is 19.9. The van der Waals surface area contributed by atoms with Crippen molar-refractivity contribution in [1.82, 2.24) is 20.2 Å². The van der Waals surface area contributed by atoms with Crippen molar-refractivity contribution in [3.63, 3.8) is 0 Å². The minimum Gasteiger partial charge on any atom is -0.497 e. The first-order valence-electron chi connectivity index (χ1n) is 13.4. The van der Waals surface area contributed by atoms with Gasteiger partial charge in [0.15, 0.2) is 0 Å². The van der Waals surface area contributed by atoms with E-state index in [4.69, 9.17) is 16.3 Å². The fraction of sp³-hybridized carbons (Fsp3) is 0.379. The molecule has 2 aromatic carbocycles. The maximum atomic E-state index is 14.0. The molecule has 1 aliphatic heterocycles. The van der Waals surface area contributed by atoms with E-state index in [-0.39, 0.29) is 35.2 Å². The van der Waals surface area contributed by atoms with Gasteiger partial charge in [-0.25, -0.2) is 14.4 Å². The molecule has 1 saturated carbocycles. The largest absolute Gasteiger partial charge is 0.497 e. The Bertz CT molecular complexity index is 1500. The number of anilines is 1. The number of aliphatic hydroxyl groups excluding tert-OH is 3. The first-order chi connectivity index (χ1) is 20.1. The average molecular weight is 600 g/mol. The minimum atomic E-state index is -0.908. The summed E-state index contributed by atoms with van der Waals surface area (Å²) < 4.78 is 19.1. The summed E-state index contributed by atoms with van der Waals surface area (Å²) in [6.45, 7) is 1.29. The Balaban J connectivity index is 1.31. The number of amides is 2. The highest BCUT2D eigenvalue weighted by molar-refractivity contribution is 6.33. The van der Waals surface area contributed by atoms with Gasteiger partial charge in [-0.15, -0.1) is 0 Å². The molecule has 11 nitrogen and oxygen atoms in total. The fourth-order valence-corrected chi connectivity index (χ4v) is 5.49. The molecule has 222 valence electrons. The lowest BCUT2D eigenvalue weighted by Gasteiger charge is -2.26. The van der Waals surface area contributed by atoms with Gasteiger partial charge in [-0.2, -0.15) is 0 Å². The number of rotatable bonds is 9. The van der Waals surface area contributed by atoms with Crippen LogP contribution >= 0.6 is 11.6 Å². The van der Waals surface area contributed by atoms with Gasteiger partial charge in [-0.1, -0.05) is 23.7 Å². The number of hydrogen-bond donors (Lipinski definition) is 5. The third-order valence-electron chi connectivity index (χ3n) is 7.67. The van der Waals surface area contributed by atoms with Crippen molar-refractivity contribution in [2.75, 3.05) is 19.0 Å². The average Bonchev–Trinajstić information content (AvgIpc) is 3.48. The minimum absolute atomic E-state index is 0.192. The lowest BCUT2D eigenvalue weighted by molar-refractivity contribution is -0.126. The molecule has 1 fully saturated rings. The van der Waals surface area contributed by atoms with E-state index in [9.17, 15) is 29.3 Å². The van der Waals surface area contributed by atoms with Crippen molar-refractivity contribution in [2.45, 2.75) is 56.6 Å². The van der Waals surface area contributed by atoms with Crippen molar-refractivity contribution >= 4 is 29.4 Å². The number of aliphatic hydroxyl groups is 3. The summed E-state index contributed by atoms with van der Waals surface area (Å²) in [4.78, 5) is 36.7. The van der Waals surface area contributed by atoms with Crippen LogP contribution in [0.25, 0.3) is 11.3 Å². The lowest BCUT2D eigenvalue weighted by atomic mass is 10.0. The van der Waals surface area contributed by atoms with Gasteiger partial charge < -0.3 is 35.6 Å². The number of carbonyl (C=O) groups is 2. The van der Waals surface area contributed by atoms with Gasteiger partial charge >= 0.3 is 0 Å². The zero-order valence-electron chi connectivity index (χ0n) is 22.9. The van der Waals surface area contributed by atoms with Crippen LogP contribution in [0.1, 0.15) is 47.3 Å². The van der Waals surface area contributed by atoms with Crippen molar-refractivity contribution < 1.29 is 34.0 Å². The summed E-state index contributed by atoms with van der Waals surface area (Å²) in [5.41, 5.74) is 2.40. The monoisotopic (exact) mass is 599 g/mol. The van der Waals surface area contributed by atoms with E-state index in [2.05, 4.69) is 20.6 Å². The summed E-state index contributed by atoms with van der Waals surface area (Å²) in [6.07, 6.45) is 0.514. The molecule has 2 heterocycles. The van der Waals surface area contributed by atoms with Crippen LogP contribution in [0.5, 0.6) is 5.75 Å². The Labute approximate surface area is 246 Å². The maximum absolute atomic E-state index is 14.0. The molecule has 2 aliphatic rings. The Hall–Kier alpha value is -3.84. The molecule has 13 heteroatoms. The third kappa shape index (κ3) is 6.02. The molecule has 42 heavy (non-hydrogen) atoms. The number of carbonyl (C=O) groups excluding carboxylic acids is 2. The first-order valence-corrected chi connectivity index (χ1v) is 13.8. The second-order valence-corrected chi connectivity index (χ2v) is 10.9. The molecule has 1 aromatic heterocycles. The number of nitrogens with one attached hydrogen (secondary N) is 2. The molecule has 5 N–H and O–H groups in total. The van der Waals surface area contributed by atoms with Gasteiger partial charge in [0.25, 0.3) is 5.91 Å². The maximum Gasteiger partial charge on any atom is 0.255 e. The molecule has 0 spiro atoms. The molecule has 0 unspecified atom stereocenters. The summed E-state index contributed by atoms with van der Waals surface area (Å²) in [6, 6.07) is 7.12. The van der Waals surface area contributed by atoms with Crippen LogP contribution in [0.15, 0.2) is 42.6 Å². The number of fused-ring (bicyclic) bond motifs is 1. The molecule has 0 saturated heterocycles. The zero-order chi connectivity index (χ0) is 30.1. The molecular weight excluding hydrogens is 569 g/mol. The van der Waals surface area contributed by atoms with E-state index in [1.54, 1.807) is 25.1 Å². The number of halogens is 2. The van der Waals surface area contributed by atoms with Gasteiger partial charge in [0, 0.05) is 29.8 Å². The summed E-state index contributed by atoms with van der Waals surface area (Å²) in [5, 5.41) is 35.6. The van der Waals surface area contributed by atoms with E-state index in [0.717, 1.165) is 5.56 Å². The molecule has 3 aromatic rings. The molecule has 2 amide bonds. The highest BCUT2D eigenvalue weighted by atomic mass is 35.5. The smallest absolute Gasteiger partial charge is 0.255 e. The lowest BCUT2D eigenvalue weighted by Crippen LogP contribution is -2.46. The van der Waals surface area contributed by atoms with Crippen molar-refractivity contribution in [2.24, 2.45) is 0 Å².